The van der Waals surface area contributed by atoms with Crippen LogP contribution in [0.15, 0.2) is 42.7 Å². The molecule has 5 nitrogen and oxygen atoms in total. The van der Waals surface area contributed by atoms with Crippen molar-refractivity contribution in [1.82, 2.24) is 19.7 Å². The second-order valence-corrected chi connectivity index (χ2v) is 6.17. The quantitative estimate of drug-likeness (QED) is 0.696. The Morgan fingerprint density at radius 3 is 2.95 bits per heavy atom. The third-order valence-electron chi connectivity index (χ3n) is 3.23. The van der Waals surface area contributed by atoms with Crippen molar-refractivity contribution in [3.05, 3.63) is 53.3 Å². The number of thiazole rings is 1. The number of hydrogen-bond donors (Lipinski definition) is 0. The topological polar surface area (TPSA) is 51.0 Å². The Kier molecular flexibility index (Phi) is 4.02. The molecule has 0 fully saturated rings. The molecule has 0 aliphatic carbocycles. The Morgan fingerprint density at radius 1 is 1.41 bits per heavy atom. The Labute approximate surface area is 132 Å². The molecule has 0 saturated carbocycles. The summed E-state index contributed by atoms with van der Waals surface area (Å²) in [5, 5.41) is 5.00. The highest BCUT2D eigenvalue weighted by atomic mass is 32.1. The molecule has 112 valence electrons. The zero-order valence-corrected chi connectivity index (χ0v) is 13.2. The van der Waals surface area contributed by atoms with Gasteiger partial charge in [-0.25, -0.2) is 4.98 Å². The molecule has 2 heterocycles. The number of nitrogens with zero attached hydrogens (tertiary/aromatic N) is 4. The second-order valence-electron chi connectivity index (χ2n) is 5.05. The number of benzene rings is 1. The van der Waals surface area contributed by atoms with Crippen molar-refractivity contribution in [2.75, 3.05) is 7.05 Å². The van der Waals surface area contributed by atoms with Gasteiger partial charge in [0.25, 0.3) is 0 Å². The van der Waals surface area contributed by atoms with Crippen LogP contribution in [0.4, 0.5) is 0 Å². The summed E-state index contributed by atoms with van der Waals surface area (Å²) in [7, 11) is 3.63. The van der Waals surface area contributed by atoms with Gasteiger partial charge in [-0.2, -0.15) is 5.10 Å². The lowest BCUT2D eigenvalue weighted by Gasteiger charge is -2.12. The molecule has 1 aromatic carbocycles. The molecule has 0 saturated heterocycles. The molecule has 0 bridgehead atoms. The molecule has 0 aliphatic heterocycles. The Morgan fingerprint density at radius 2 is 2.23 bits per heavy atom. The summed E-state index contributed by atoms with van der Waals surface area (Å²) in [5.41, 5.74) is 1.89. The maximum atomic E-state index is 12.1. The SMILES string of the molecule is CN(Cc1nc2ccccc2s1)C(=O)/C=C\c1cnn(C)c1. The van der Waals surface area contributed by atoms with Crippen LogP contribution in [0.1, 0.15) is 10.6 Å². The molecule has 0 N–H and O–H groups in total. The number of rotatable bonds is 4. The largest absolute Gasteiger partial charge is 0.335 e. The minimum Gasteiger partial charge on any atom is -0.335 e. The fourth-order valence-corrected chi connectivity index (χ4v) is 3.11. The molecule has 1 amide bonds. The van der Waals surface area contributed by atoms with Crippen molar-refractivity contribution in [2.45, 2.75) is 6.54 Å². The van der Waals surface area contributed by atoms with Crippen molar-refractivity contribution in [1.29, 1.82) is 0 Å². The summed E-state index contributed by atoms with van der Waals surface area (Å²) in [6.45, 7) is 0.509. The van der Waals surface area contributed by atoms with Crippen molar-refractivity contribution >= 4 is 33.5 Å². The van der Waals surface area contributed by atoms with E-state index in [1.807, 2.05) is 37.5 Å². The van der Waals surface area contributed by atoms with E-state index in [1.165, 1.54) is 0 Å². The molecular formula is C16H16N4OS. The van der Waals surface area contributed by atoms with Gasteiger partial charge in [-0.05, 0) is 18.2 Å². The first-order chi connectivity index (χ1) is 10.6. The first-order valence-electron chi connectivity index (χ1n) is 6.88. The number of para-hydroxylation sites is 1. The minimum absolute atomic E-state index is 0.0527. The van der Waals surface area contributed by atoms with Crippen LogP contribution in [0.3, 0.4) is 0 Å². The predicted molar refractivity (Wildman–Crippen MR) is 88.3 cm³/mol. The highest BCUT2D eigenvalue weighted by molar-refractivity contribution is 7.18. The third kappa shape index (κ3) is 3.23. The Balaban J connectivity index is 1.66. The molecule has 2 aromatic heterocycles. The van der Waals surface area contributed by atoms with E-state index in [4.69, 9.17) is 0 Å². The van der Waals surface area contributed by atoms with Crippen molar-refractivity contribution in [3.8, 4) is 0 Å². The van der Waals surface area contributed by atoms with Crippen LogP contribution in [0.25, 0.3) is 16.3 Å². The standard InChI is InChI=1S/C16H16N4OS/c1-19(16(21)8-7-12-9-17-20(2)10-12)11-15-18-13-5-3-4-6-14(13)22-15/h3-10H,11H2,1-2H3/b8-7-. The van der Waals surface area contributed by atoms with E-state index in [0.29, 0.717) is 6.54 Å². The molecule has 0 aliphatic rings. The van der Waals surface area contributed by atoms with Gasteiger partial charge in [0.15, 0.2) is 0 Å². The van der Waals surface area contributed by atoms with Gasteiger partial charge in [0, 0.05) is 31.9 Å². The second kappa shape index (κ2) is 6.11. The van der Waals surface area contributed by atoms with E-state index in [-0.39, 0.29) is 5.91 Å². The summed E-state index contributed by atoms with van der Waals surface area (Å²) >= 11 is 1.62. The van der Waals surface area contributed by atoms with Crippen LogP contribution < -0.4 is 0 Å². The number of aryl methyl sites for hydroxylation is 1. The van der Waals surface area contributed by atoms with Gasteiger partial charge in [-0.3, -0.25) is 9.48 Å². The summed E-state index contributed by atoms with van der Waals surface area (Å²) in [6, 6.07) is 7.99. The number of likely N-dealkylation sites (N-methyl/N-ethyl adjacent to an activating group) is 1. The van der Waals surface area contributed by atoms with Crippen molar-refractivity contribution < 1.29 is 4.79 Å². The van der Waals surface area contributed by atoms with Gasteiger partial charge >= 0.3 is 0 Å². The third-order valence-corrected chi connectivity index (χ3v) is 4.25. The van der Waals surface area contributed by atoms with E-state index in [2.05, 4.69) is 10.1 Å². The zero-order chi connectivity index (χ0) is 15.5. The molecule has 0 spiro atoms. The fourth-order valence-electron chi connectivity index (χ4n) is 2.09. The molecule has 0 atom stereocenters. The van der Waals surface area contributed by atoms with Crippen LogP contribution in [0, 0.1) is 0 Å². The first-order valence-corrected chi connectivity index (χ1v) is 7.70. The van der Waals surface area contributed by atoms with Crippen LogP contribution in [-0.4, -0.2) is 32.6 Å². The lowest BCUT2D eigenvalue weighted by molar-refractivity contribution is -0.125. The highest BCUT2D eigenvalue weighted by Crippen LogP contribution is 2.22. The Bertz CT molecular complexity index is 800. The lowest BCUT2D eigenvalue weighted by Crippen LogP contribution is -2.23. The van der Waals surface area contributed by atoms with Gasteiger partial charge in [0.2, 0.25) is 5.91 Å². The van der Waals surface area contributed by atoms with E-state index >= 15 is 0 Å². The summed E-state index contributed by atoms with van der Waals surface area (Å²) in [5.74, 6) is -0.0527. The normalized spacial score (nSPS) is 11.4. The molecule has 6 heteroatoms. The van der Waals surface area contributed by atoms with E-state index in [9.17, 15) is 4.79 Å². The smallest absolute Gasteiger partial charge is 0.246 e. The molecule has 3 aromatic rings. The van der Waals surface area contributed by atoms with E-state index in [0.717, 1.165) is 20.8 Å². The Hall–Kier alpha value is -2.47. The number of amides is 1. The summed E-state index contributed by atoms with van der Waals surface area (Å²) < 4.78 is 2.85. The van der Waals surface area contributed by atoms with Gasteiger partial charge in [-0.1, -0.05) is 12.1 Å². The number of aromatic nitrogens is 3. The van der Waals surface area contributed by atoms with Gasteiger partial charge in [0.1, 0.15) is 5.01 Å². The summed E-state index contributed by atoms with van der Waals surface area (Å²) in [6.07, 6.45) is 6.91. The summed E-state index contributed by atoms with van der Waals surface area (Å²) in [4.78, 5) is 18.3. The molecule has 0 unspecified atom stereocenters. The van der Waals surface area contributed by atoms with Crippen LogP contribution in [0.5, 0.6) is 0 Å². The van der Waals surface area contributed by atoms with E-state index < -0.39 is 0 Å². The fraction of sp³-hybridized carbons (Fsp3) is 0.188. The first kappa shape index (κ1) is 14.5. The number of hydrogen-bond acceptors (Lipinski definition) is 4. The van der Waals surface area contributed by atoms with Crippen molar-refractivity contribution in [3.63, 3.8) is 0 Å². The molecule has 3 rings (SSSR count). The predicted octanol–water partition coefficient (Wildman–Crippen LogP) is 2.70. The average Bonchev–Trinajstić information content (AvgIpc) is 3.09. The number of fused-ring (bicyclic) bond motifs is 1. The molecular weight excluding hydrogens is 296 g/mol. The van der Waals surface area contributed by atoms with Gasteiger partial charge < -0.3 is 4.90 Å². The van der Waals surface area contributed by atoms with Gasteiger partial charge in [0.05, 0.1) is 23.0 Å². The monoisotopic (exact) mass is 312 g/mol. The zero-order valence-electron chi connectivity index (χ0n) is 12.4. The number of carbonyl (C=O) groups is 1. The van der Waals surface area contributed by atoms with Crippen LogP contribution in [-0.2, 0) is 18.4 Å². The number of carbonyl (C=O) groups excluding carboxylic acids is 1. The highest BCUT2D eigenvalue weighted by Gasteiger charge is 2.09. The maximum absolute atomic E-state index is 12.1. The van der Waals surface area contributed by atoms with Crippen molar-refractivity contribution in [2.24, 2.45) is 7.05 Å². The van der Waals surface area contributed by atoms with Gasteiger partial charge in [-0.15, -0.1) is 11.3 Å². The maximum Gasteiger partial charge on any atom is 0.246 e. The average molecular weight is 312 g/mol. The van der Waals surface area contributed by atoms with E-state index in [1.54, 1.807) is 46.3 Å². The van der Waals surface area contributed by atoms with Crippen LogP contribution in [0.2, 0.25) is 0 Å². The minimum atomic E-state index is -0.0527. The van der Waals surface area contributed by atoms with Crippen LogP contribution >= 0.6 is 11.3 Å². The lowest BCUT2D eigenvalue weighted by atomic mass is 10.3. The molecule has 22 heavy (non-hydrogen) atoms. The molecule has 0 radical (unpaired) electrons.